The molecule has 36 heavy (non-hydrogen) atoms. The van der Waals surface area contributed by atoms with Gasteiger partial charge in [0, 0.05) is 11.6 Å². The van der Waals surface area contributed by atoms with Gasteiger partial charge >= 0.3 is 0 Å². The molecule has 5 nitrogen and oxygen atoms in total. The first-order valence-electron chi connectivity index (χ1n) is 11.5. The van der Waals surface area contributed by atoms with Crippen LogP contribution in [-0.4, -0.2) is 27.4 Å². The van der Waals surface area contributed by atoms with E-state index in [9.17, 15) is 13.2 Å². The van der Waals surface area contributed by atoms with Gasteiger partial charge in [0.25, 0.3) is 10.0 Å². The Hall–Kier alpha value is -3.06. The average molecular weight is 542 g/mol. The Balaban J connectivity index is 1.50. The molecule has 0 heterocycles. The number of hydrogen-bond donors (Lipinski definition) is 1. The van der Waals surface area contributed by atoms with Gasteiger partial charge in [-0.2, -0.15) is 0 Å². The Morgan fingerprint density at radius 2 is 1.61 bits per heavy atom. The molecule has 0 bridgehead atoms. The van der Waals surface area contributed by atoms with E-state index >= 15 is 0 Å². The molecule has 8 heteroatoms. The van der Waals surface area contributed by atoms with Crippen LogP contribution in [0.1, 0.15) is 12.5 Å². The molecule has 0 aliphatic heterocycles. The summed E-state index contributed by atoms with van der Waals surface area (Å²) in [5.74, 6) is -0.289. The Bertz CT molecular complexity index is 1470. The lowest BCUT2D eigenvalue weighted by atomic mass is 9.96. The van der Waals surface area contributed by atoms with Crippen molar-refractivity contribution in [3.05, 3.63) is 107 Å². The summed E-state index contributed by atoms with van der Waals surface area (Å²) < 4.78 is 27.9. The van der Waals surface area contributed by atoms with Crippen LogP contribution < -0.4 is 9.62 Å². The molecule has 4 rings (SSSR count). The van der Waals surface area contributed by atoms with Gasteiger partial charge < -0.3 is 5.32 Å². The van der Waals surface area contributed by atoms with E-state index in [1.165, 1.54) is 40.6 Å². The summed E-state index contributed by atoms with van der Waals surface area (Å²) in [6.45, 7) is 2.03. The largest absolute Gasteiger partial charge is 0.354 e. The van der Waals surface area contributed by atoms with Crippen molar-refractivity contribution in [2.24, 2.45) is 5.92 Å². The normalized spacial score (nSPS) is 12.3. The van der Waals surface area contributed by atoms with E-state index in [2.05, 4.69) is 36.5 Å². The van der Waals surface area contributed by atoms with Crippen molar-refractivity contribution in [3.8, 4) is 0 Å². The van der Waals surface area contributed by atoms with Gasteiger partial charge in [-0.1, -0.05) is 90.8 Å². The molecule has 1 N–H and O–H groups in total. The molecule has 0 spiro atoms. The van der Waals surface area contributed by atoms with E-state index in [1.807, 2.05) is 18.2 Å². The fourth-order valence-electron chi connectivity index (χ4n) is 4.10. The van der Waals surface area contributed by atoms with Crippen LogP contribution in [-0.2, 0) is 21.2 Å². The fourth-order valence-corrected chi connectivity index (χ4v) is 6.12. The highest BCUT2D eigenvalue weighted by Gasteiger charge is 2.28. The smallest absolute Gasteiger partial charge is 0.264 e. The maximum Gasteiger partial charge on any atom is 0.264 e. The summed E-state index contributed by atoms with van der Waals surface area (Å²) >= 11 is 12.4. The molecule has 0 aliphatic rings. The number of benzene rings is 4. The number of rotatable bonds is 9. The second kappa shape index (κ2) is 11.3. The van der Waals surface area contributed by atoms with Crippen molar-refractivity contribution >= 4 is 55.6 Å². The molecule has 1 atom stereocenters. The monoisotopic (exact) mass is 540 g/mol. The molecule has 1 unspecified atom stereocenters. The minimum absolute atomic E-state index is 0.0631. The summed E-state index contributed by atoms with van der Waals surface area (Å²) in [5.41, 5.74) is 1.39. The number of halogens is 2. The summed E-state index contributed by atoms with van der Waals surface area (Å²) in [6, 6.07) is 26.9. The van der Waals surface area contributed by atoms with Crippen LogP contribution in [0.3, 0.4) is 0 Å². The highest BCUT2D eigenvalue weighted by atomic mass is 35.5. The van der Waals surface area contributed by atoms with Crippen molar-refractivity contribution in [2.75, 3.05) is 17.4 Å². The lowest BCUT2D eigenvalue weighted by Crippen LogP contribution is -2.42. The highest BCUT2D eigenvalue weighted by molar-refractivity contribution is 7.92. The van der Waals surface area contributed by atoms with E-state index in [-0.39, 0.29) is 21.5 Å². The van der Waals surface area contributed by atoms with Gasteiger partial charge in [0.1, 0.15) is 6.54 Å². The molecular weight excluding hydrogens is 515 g/mol. The van der Waals surface area contributed by atoms with Gasteiger partial charge in [-0.25, -0.2) is 8.42 Å². The summed E-state index contributed by atoms with van der Waals surface area (Å²) in [7, 11) is -4.05. The van der Waals surface area contributed by atoms with Crippen LogP contribution in [0, 0.1) is 5.92 Å². The molecule has 0 radical (unpaired) electrons. The van der Waals surface area contributed by atoms with Crippen LogP contribution in [0.2, 0.25) is 10.0 Å². The lowest BCUT2D eigenvalue weighted by Gasteiger charge is -2.25. The number of hydrogen-bond acceptors (Lipinski definition) is 3. The van der Waals surface area contributed by atoms with E-state index in [0.29, 0.717) is 11.6 Å². The van der Waals surface area contributed by atoms with Crippen LogP contribution in [0.25, 0.3) is 10.8 Å². The van der Waals surface area contributed by atoms with Crippen LogP contribution in [0.15, 0.2) is 95.9 Å². The van der Waals surface area contributed by atoms with Crippen LogP contribution in [0.5, 0.6) is 0 Å². The molecule has 0 fully saturated rings. The number of anilines is 1. The molecule has 186 valence electrons. The first-order chi connectivity index (χ1) is 17.3. The Kier molecular flexibility index (Phi) is 8.19. The number of nitrogens with zero attached hydrogens (tertiary/aromatic N) is 1. The molecule has 4 aromatic rings. The standard InChI is InChI=1S/C28H26Cl2N2O3S/c1-20(16-22-10-7-9-21-8-5-6-13-25(21)22)18-31-28(33)19-32(27-15-14-23(29)17-26(27)30)36(34,35)24-11-3-2-4-12-24/h2-15,17,20H,16,18-19H2,1H3,(H,31,33). The quantitative estimate of drug-likeness (QED) is 0.269. The van der Waals surface area contributed by atoms with Gasteiger partial charge in [0.05, 0.1) is 15.6 Å². The maximum absolute atomic E-state index is 13.5. The number of carbonyl (C=O) groups excluding carboxylic acids is 1. The van der Waals surface area contributed by atoms with Crippen molar-refractivity contribution < 1.29 is 13.2 Å². The molecule has 0 saturated carbocycles. The molecule has 0 saturated heterocycles. The van der Waals surface area contributed by atoms with Crippen LogP contribution >= 0.6 is 23.2 Å². The van der Waals surface area contributed by atoms with Crippen molar-refractivity contribution in [1.29, 1.82) is 0 Å². The fraction of sp³-hybridized carbons (Fsp3) is 0.179. The average Bonchev–Trinajstić information content (AvgIpc) is 2.87. The molecule has 1 amide bonds. The van der Waals surface area contributed by atoms with Crippen LogP contribution in [0.4, 0.5) is 5.69 Å². The summed E-state index contributed by atoms with van der Waals surface area (Å²) in [4.78, 5) is 13.0. The van der Waals surface area contributed by atoms with E-state index in [0.717, 1.165) is 10.7 Å². The Labute approximate surface area is 221 Å². The Morgan fingerprint density at radius 1 is 0.917 bits per heavy atom. The second-order valence-electron chi connectivity index (χ2n) is 8.67. The zero-order valence-corrected chi connectivity index (χ0v) is 22.0. The maximum atomic E-state index is 13.5. The highest BCUT2D eigenvalue weighted by Crippen LogP contribution is 2.32. The summed E-state index contributed by atoms with van der Waals surface area (Å²) in [6.07, 6.45) is 0.774. The molecule has 0 aliphatic carbocycles. The van der Waals surface area contributed by atoms with Gasteiger partial charge in [0.2, 0.25) is 5.91 Å². The Morgan fingerprint density at radius 3 is 2.36 bits per heavy atom. The third kappa shape index (κ3) is 6.01. The minimum atomic E-state index is -4.05. The third-order valence-electron chi connectivity index (χ3n) is 5.89. The van der Waals surface area contributed by atoms with Gasteiger partial charge in [-0.15, -0.1) is 0 Å². The zero-order chi connectivity index (χ0) is 25.7. The lowest BCUT2D eigenvalue weighted by molar-refractivity contribution is -0.119. The van der Waals surface area contributed by atoms with Gasteiger partial charge in [0.15, 0.2) is 0 Å². The number of sulfonamides is 1. The number of amides is 1. The predicted octanol–water partition coefficient (Wildman–Crippen LogP) is 6.34. The van der Waals surface area contributed by atoms with Crippen molar-refractivity contribution in [1.82, 2.24) is 5.32 Å². The second-order valence-corrected chi connectivity index (χ2v) is 11.4. The SMILES string of the molecule is CC(CNC(=O)CN(c1ccc(Cl)cc1Cl)S(=O)(=O)c1ccccc1)Cc1cccc2ccccc12. The number of carbonyl (C=O) groups is 1. The molecular formula is C28H26Cl2N2O3S. The zero-order valence-electron chi connectivity index (χ0n) is 19.7. The van der Waals surface area contributed by atoms with Gasteiger partial charge in [-0.3, -0.25) is 9.10 Å². The topological polar surface area (TPSA) is 66.5 Å². The van der Waals surface area contributed by atoms with E-state index in [4.69, 9.17) is 23.2 Å². The first-order valence-corrected chi connectivity index (χ1v) is 13.7. The first kappa shape index (κ1) is 26.0. The van der Waals surface area contributed by atoms with Crippen molar-refractivity contribution in [3.63, 3.8) is 0 Å². The number of fused-ring (bicyclic) bond motifs is 1. The number of nitrogens with one attached hydrogen (secondary N) is 1. The predicted molar refractivity (Wildman–Crippen MR) is 147 cm³/mol. The summed E-state index contributed by atoms with van der Waals surface area (Å²) in [5, 5.41) is 5.76. The third-order valence-corrected chi connectivity index (χ3v) is 8.20. The van der Waals surface area contributed by atoms with E-state index < -0.39 is 22.5 Å². The molecule has 0 aromatic heterocycles. The molecule has 4 aromatic carbocycles. The van der Waals surface area contributed by atoms with Gasteiger partial charge in [-0.05, 0) is 59.0 Å². The van der Waals surface area contributed by atoms with Crippen molar-refractivity contribution in [2.45, 2.75) is 18.2 Å². The minimum Gasteiger partial charge on any atom is -0.354 e. The van der Waals surface area contributed by atoms with E-state index in [1.54, 1.807) is 24.3 Å².